The first kappa shape index (κ1) is 21.2. The number of rotatable bonds is 1. The van der Waals surface area contributed by atoms with E-state index in [1.54, 1.807) is 0 Å². The maximum absolute atomic E-state index is 12.4. The molecule has 0 saturated heterocycles. The van der Waals surface area contributed by atoms with Gasteiger partial charge in [0.2, 0.25) is 0 Å². The number of H-pyrrole nitrogens is 1. The van der Waals surface area contributed by atoms with Crippen molar-refractivity contribution in [3.05, 3.63) is 35.5 Å². The monoisotopic (exact) mass is 454 g/mol. The third-order valence-electron chi connectivity index (χ3n) is 9.99. The second-order valence-corrected chi connectivity index (χ2v) is 12.2. The molecule has 1 aromatic carbocycles. The number of halogens is 1. The molecule has 3 saturated carbocycles. The first-order valence-corrected chi connectivity index (χ1v) is 12.9. The van der Waals surface area contributed by atoms with Gasteiger partial charge in [-0.15, -0.1) is 11.6 Å². The molecule has 0 aliphatic heterocycles. The summed E-state index contributed by atoms with van der Waals surface area (Å²) in [5.41, 5.74) is 3.74. The number of aromatic nitrogens is 2. The average Bonchev–Trinajstić information content (AvgIpc) is 3.28. The number of aromatic amines is 1. The maximum atomic E-state index is 12.4. The van der Waals surface area contributed by atoms with E-state index in [2.05, 4.69) is 48.3 Å². The highest BCUT2D eigenvalue weighted by Gasteiger charge is 2.65. The summed E-state index contributed by atoms with van der Waals surface area (Å²) in [7, 11) is 0. The number of alkyl halides is 1. The molecule has 6 rings (SSSR count). The van der Waals surface area contributed by atoms with Crippen molar-refractivity contribution < 1.29 is 10.2 Å². The summed E-state index contributed by atoms with van der Waals surface area (Å²) in [5, 5.41) is 31.4. The van der Waals surface area contributed by atoms with Gasteiger partial charge in [0.05, 0.1) is 22.1 Å². The van der Waals surface area contributed by atoms with Crippen LogP contribution in [0.15, 0.2) is 24.3 Å². The van der Waals surface area contributed by atoms with Crippen LogP contribution >= 0.6 is 11.6 Å². The van der Waals surface area contributed by atoms with Gasteiger partial charge in [0.25, 0.3) is 0 Å². The van der Waals surface area contributed by atoms with Gasteiger partial charge in [-0.1, -0.05) is 25.1 Å². The van der Waals surface area contributed by atoms with E-state index in [1.807, 2.05) is 0 Å². The predicted octanol–water partition coefficient (Wildman–Crippen LogP) is 5.74. The molecule has 7 atom stereocenters. The van der Waals surface area contributed by atoms with Gasteiger partial charge in [-0.2, -0.15) is 5.10 Å². The summed E-state index contributed by atoms with van der Waals surface area (Å²) in [5.74, 6) is 1.17. The minimum absolute atomic E-state index is 0.0821. The Morgan fingerprint density at radius 3 is 2.81 bits per heavy atom. The van der Waals surface area contributed by atoms with Gasteiger partial charge in [-0.25, -0.2) is 0 Å². The normalized spacial score (nSPS) is 43.8. The zero-order valence-electron chi connectivity index (χ0n) is 19.2. The number of aliphatic hydroxyl groups is 2. The van der Waals surface area contributed by atoms with Crippen LogP contribution in [-0.4, -0.2) is 37.0 Å². The Morgan fingerprint density at radius 2 is 1.97 bits per heavy atom. The molecule has 2 aromatic rings. The van der Waals surface area contributed by atoms with E-state index in [0.29, 0.717) is 11.8 Å². The van der Waals surface area contributed by atoms with Crippen LogP contribution in [0.1, 0.15) is 76.0 Å². The Balaban J connectivity index is 1.35. The fourth-order valence-electron chi connectivity index (χ4n) is 8.12. The van der Waals surface area contributed by atoms with Crippen molar-refractivity contribution in [2.75, 3.05) is 0 Å². The van der Waals surface area contributed by atoms with E-state index in [1.165, 1.54) is 16.5 Å². The SMILES string of the molecule is Cc1[nH]nc2cc(C3=CCC4C3(C)CCC3(Cl)CC5CC(O)CCC5CC[C@]43O)ccc12. The lowest BCUT2D eigenvalue weighted by Crippen LogP contribution is -2.62. The molecule has 3 fully saturated rings. The topological polar surface area (TPSA) is 69.1 Å². The molecule has 1 aromatic heterocycles. The van der Waals surface area contributed by atoms with Gasteiger partial charge in [-0.05, 0) is 99.2 Å². The molecule has 0 radical (unpaired) electrons. The Labute approximate surface area is 195 Å². The molecule has 172 valence electrons. The van der Waals surface area contributed by atoms with Crippen molar-refractivity contribution in [3.63, 3.8) is 0 Å². The largest absolute Gasteiger partial charge is 0.393 e. The number of allylic oxidation sites excluding steroid dienone is 2. The van der Waals surface area contributed by atoms with Gasteiger partial charge in [-0.3, -0.25) is 5.10 Å². The third-order valence-corrected chi connectivity index (χ3v) is 10.7. The number of hydrogen-bond donors (Lipinski definition) is 3. The van der Waals surface area contributed by atoms with Crippen LogP contribution in [0.4, 0.5) is 0 Å². The van der Waals surface area contributed by atoms with E-state index in [0.717, 1.165) is 69.0 Å². The summed E-state index contributed by atoms with van der Waals surface area (Å²) in [6.07, 6.45) is 10.4. The second-order valence-electron chi connectivity index (χ2n) is 11.5. The van der Waals surface area contributed by atoms with Crippen molar-refractivity contribution in [2.24, 2.45) is 23.2 Å². The number of aliphatic hydroxyl groups excluding tert-OH is 1. The van der Waals surface area contributed by atoms with Crippen LogP contribution in [0.5, 0.6) is 0 Å². The first-order chi connectivity index (χ1) is 15.2. The predicted molar refractivity (Wildman–Crippen MR) is 128 cm³/mol. The van der Waals surface area contributed by atoms with Crippen molar-refractivity contribution in [3.8, 4) is 0 Å². The van der Waals surface area contributed by atoms with Gasteiger partial charge >= 0.3 is 0 Å². The molecular weight excluding hydrogens is 420 g/mol. The molecule has 0 amide bonds. The highest BCUT2D eigenvalue weighted by Crippen LogP contribution is 2.67. The molecule has 1 heterocycles. The van der Waals surface area contributed by atoms with E-state index >= 15 is 0 Å². The van der Waals surface area contributed by atoms with E-state index in [-0.39, 0.29) is 17.4 Å². The molecule has 0 bridgehead atoms. The quantitative estimate of drug-likeness (QED) is 0.481. The summed E-state index contributed by atoms with van der Waals surface area (Å²) in [6, 6.07) is 6.60. The lowest BCUT2D eigenvalue weighted by molar-refractivity contribution is -0.118. The molecule has 4 aliphatic carbocycles. The van der Waals surface area contributed by atoms with Crippen molar-refractivity contribution in [2.45, 2.75) is 88.2 Å². The van der Waals surface area contributed by atoms with E-state index < -0.39 is 10.5 Å². The fourth-order valence-corrected chi connectivity index (χ4v) is 8.64. The molecule has 4 aliphatic rings. The summed E-state index contributed by atoms with van der Waals surface area (Å²) in [6.45, 7) is 4.41. The van der Waals surface area contributed by atoms with E-state index in [4.69, 9.17) is 11.6 Å². The molecule has 4 nitrogen and oxygen atoms in total. The van der Waals surface area contributed by atoms with Gasteiger partial charge in [0.15, 0.2) is 0 Å². The van der Waals surface area contributed by atoms with Crippen LogP contribution in [0.2, 0.25) is 0 Å². The van der Waals surface area contributed by atoms with Crippen LogP contribution in [0.3, 0.4) is 0 Å². The number of nitrogens with zero attached hydrogens (tertiary/aromatic N) is 1. The molecule has 3 N–H and O–H groups in total. The molecule has 6 unspecified atom stereocenters. The minimum atomic E-state index is -0.866. The lowest BCUT2D eigenvalue weighted by Gasteiger charge is -2.57. The summed E-state index contributed by atoms with van der Waals surface area (Å²) >= 11 is 7.42. The molecular formula is C27H35ClN2O2. The number of benzene rings is 1. The number of fused-ring (bicyclic) bond motifs is 5. The Bertz CT molecular complexity index is 1090. The van der Waals surface area contributed by atoms with Crippen LogP contribution in [0, 0.1) is 30.1 Å². The maximum Gasteiger partial charge on any atom is 0.0929 e. The minimum Gasteiger partial charge on any atom is -0.393 e. The number of nitrogens with one attached hydrogen (secondary N) is 1. The highest BCUT2D eigenvalue weighted by atomic mass is 35.5. The highest BCUT2D eigenvalue weighted by molar-refractivity contribution is 6.25. The first-order valence-electron chi connectivity index (χ1n) is 12.5. The lowest BCUT2D eigenvalue weighted by atomic mass is 9.53. The van der Waals surface area contributed by atoms with Crippen molar-refractivity contribution in [1.29, 1.82) is 0 Å². The van der Waals surface area contributed by atoms with Crippen LogP contribution < -0.4 is 0 Å². The Morgan fingerprint density at radius 1 is 1.12 bits per heavy atom. The van der Waals surface area contributed by atoms with Crippen molar-refractivity contribution >= 4 is 28.1 Å². The number of aryl methyl sites for hydroxylation is 1. The Hall–Kier alpha value is -1.36. The second kappa shape index (κ2) is 7.07. The standard InChI is InChI=1S/C27H35ClN2O2/c1-16-21-6-4-18(14-23(21)30-29-16)22-7-8-24-25(22,2)11-12-26(28)15-19-13-20(31)5-3-17(19)9-10-27(24,26)32/h4,6-7,14,17,19-20,24,31-32H,3,5,8-13,15H2,1-2H3,(H,29,30)/t17?,19?,20?,24?,25?,26?,27-/m0/s1. The molecule has 32 heavy (non-hydrogen) atoms. The Kier molecular flexibility index (Phi) is 4.68. The molecule has 0 spiro atoms. The summed E-state index contributed by atoms with van der Waals surface area (Å²) < 4.78 is 0. The van der Waals surface area contributed by atoms with Crippen molar-refractivity contribution in [1.82, 2.24) is 10.2 Å². The summed E-state index contributed by atoms with van der Waals surface area (Å²) in [4.78, 5) is -0.583. The van der Waals surface area contributed by atoms with Crippen LogP contribution in [0.25, 0.3) is 16.5 Å². The number of hydrogen-bond acceptors (Lipinski definition) is 3. The smallest absolute Gasteiger partial charge is 0.0929 e. The van der Waals surface area contributed by atoms with Gasteiger partial charge in [0.1, 0.15) is 0 Å². The zero-order valence-corrected chi connectivity index (χ0v) is 20.0. The average molecular weight is 455 g/mol. The molecule has 5 heteroatoms. The fraction of sp³-hybridized carbons (Fsp3) is 0.667. The third kappa shape index (κ3) is 2.85. The zero-order chi connectivity index (χ0) is 22.3. The van der Waals surface area contributed by atoms with Crippen LogP contribution in [-0.2, 0) is 0 Å². The van der Waals surface area contributed by atoms with E-state index in [9.17, 15) is 10.2 Å². The van der Waals surface area contributed by atoms with Gasteiger partial charge < -0.3 is 10.2 Å². The van der Waals surface area contributed by atoms with Gasteiger partial charge in [0, 0.05) is 17.0 Å².